The van der Waals surface area contributed by atoms with Crippen LogP contribution in [0.2, 0.25) is 0 Å². The number of ketones is 2. The van der Waals surface area contributed by atoms with Gasteiger partial charge in [0.2, 0.25) is 0 Å². The average molecular weight is 302 g/mol. The maximum atomic E-state index is 13.0. The van der Waals surface area contributed by atoms with E-state index < -0.39 is 0 Å². The lowest BCUT2D eigenvalue weighted by molar-refractivity contribution is -0.148. The molecule has 0 spiro atoms. The Labute approximate surface area is 132 Å². The number of Topliss-reactive ketones (excluding diaryl/α,β-unsaturated/α-hetero) is 1. The van der Waals surface area contributed by atoms with Gasteiger partial charge in [-0.2, -0.15) is 0 Å². The van der Waals surface area contributed by atoms with Crippen molar-refractivity contribution in [2.75, 3.05) is 0 Å². The van der Waals surface area contributed by atoms with Gasteiger partial charge in [0.25, 0.3) is 0 Å². The van der Waals surface area contributed by atoms with E-state index >= 15 is 0 Å². The second-order valence-electron chi connectivity index (χ2n) is 8.58. The van der Waals surface area contributed by atoms with E-state index in [4.69, 9.17) is 0 Å². The number of hydrogen-bond acceptors (Lipinski definition) is 3. The summed E-state index contributed by atoms with van der Waals surface area (Å²) in [6, 6.07) is 0. The number of carbonyl (C=O) groups is 2. The summed E-state index contributed by atoms with van der Waals surface area (Å²) in [4.78, 5) is 24.8. The van der Waals surface area contributed by atoms with Crippen LogP contribution in [0.3, 0.4) is 0 Å². The summed E-state index contributed by atoms with van der Waals surface area (Å²) in [5, 5.41) is 10.4. The summed E-state index contributed by atoms with van der Waals surface area (Å²) >= 11 is 0. The molecule has 0 aromatic rings. The van der Waals surface area contributed by atoms with Crippen molar-refractivity contribution in [3.63, 3.8) is 0 Å². The molecular weight excluding hydrogens is 276 g/mol. The highest BCUT2D eigenvalue weighted by Gasteiger charge is 2.61. The van der Waals surface area contributed by atoms with E-state index in [0.717, 1.165) is 32.1 Å². The smallest absolute Gasteiger partial charge is 0.155 e. The lowest BCUT2D eigenvalue weighted by Crippen LogP contribution is -2.55. The number of carbonyl (C=O) groups excluding carboxylic acids is 2. The van der Waals surface area contributed by atoms with Crippen LogP contribution in [0.4, 0.5) is 0 Å². The summed E-state index contributed by atoms with van der Waals surface area (Å²) < 4.78 is 0. The average Bonchev–Trinajstić information content (AvgIpc) is 2.75. The molecule has 0 aromatic carbocycles. The van der Waals surface area contributed by atoms with Crippen molar-refractivity contribution in [3.8, 4) is 0 Å². The van der Waals surface area contributed by atoms with Crippen molar-refractivity contribution in [2.45, 2.75) is 64.9 Å². The molecule has 1 unspecified atom stereocenters. The predicted molar refractivity (Wildman–Crippen MR) is 83.1 cm³/mol. The van der Waals surface area contributed by atoms with Crippen molar-refractivity contribution in [1.82, 2.24) is 0 Å². The van der Waals surface area contributed by atoms with Gasteiger partial charge in [-0.05, 0) is 55.4 Å². The Balaban J connectivity index is 1.76. The monoisotopic (exact) mass is 302 g/mol. The summed E-state index contributed by atoms with van der Waals surface area (Å²) in [7, 11) is 0. The van der Waals surface area contributed by atoms with Crippen LogP contribution in [0.15, 0.2) is 11.6 Å². The van der Waals surface area contributed by atoms with Crippen LogP contribution in [0.25, 0.3) is 0 Å². The first-order valence-corrected chi connectivity index (χ1v) is 8.81. The van der Waals surface area contributed by atoms with E-state index in [2.05, 4.69) is 13.8 Å². The van der Waals surface area contributed by atoms with Gasteiger partial charge in [0, 0.05) is 24.2 Å². The van der Waals surface area contributed by atoms with Crippen LogP contribution in [0, 0.1) is 28.6 Å². The highest BCUT2D eigenvalue weighted by atomic mass is 16.3. The van der Waals surface area contributed by atoms with Crippen LogP contribution < -0.4 is 0 Å². The van der Waals surface area contributed by atoms with Crippen LogP contribution in [0.5, 0.6) is 0 Å². The second-order valence-corrected chi connectivity index (χ2v) is 8.58. The van der Waals surface area contributed by atoms with Crippen LogP contribution >= 0.6 is 0 Å². The van der Waals surface area contributed by atoms with Crippen molar-refractivity contribution in [3.05, 3.63) is 11.6 Å². The molecule has 3 heteroatoms. The molecule has 1 N–H and O–H groups in total. The minimum atomic E-state index is -0.319. The Hall–Kier alpha value is -0.960. The largest absolute Gasteiger partial charge is 0.393 e. The molecule has 3 nitrogen and oxygen atoms in total. The fourth-order valence-corrected chi connectivity index (χ4v) is 6.36. The number of rotatable bonds is 0. The molecule has 4 aliphatic carbocycles. The van der Waals surface area contributed by atoms with Crippen LogP contribution in [-0.2, 0) is 9.59 Å². The van der Waals surface area contributed by atoms with E-state index in [1.165, 1.54) is 5.57 Å². The number of allylic oxidation sites excluding steroid dienone is 1. The lowest BCUT2D eigenvalue weighted by Gasteiger charge is -2.56. The Morgan fingerprint density at radius 3 is 2.68 bits per heavy atom. The zero-order valence-electron chi connectivity index (χ0n) is 13.6. The summed E-state index contributed by atoms with van der Waals surface area (Å²) in [5.41, 5.74) is 0.906. The van der Waals surface area contributed by atoms with Gasteiger partial charge in [-0.25, -0.2) is 0 Å². The van der Waals surface area contributed by atoms with Gasteiger partial charge in [0.05, 0.1) is 6.10 Å². The molecule has 0 heterocycles. The standard InChI is InChI=1S/C19H26O3/c1-18-8-7-12(20)9-11(18)3-4-13-14-5-6-16(22)19(14,2)10-15(21)17(13)18/h9,13-14,16-17,22H,3-8,10H2,1-2H3/t13-,14-,16?,17+,18-,19-/m0/s1. The van der Waals surface area contributed by atoms with Crippen molar-refractivity contribution >= 4 is 11.6 Å². The van der Waals surface area contributed by atoms with Crippen molar-refractivity contribution < 1.29 is 14.7 Å². The maximum absolute atomic E-state index is 13.0. The minimum absolute atomic E-state index is 0.0731. The molecule has 4 rings (SSSR count). The topological polar surface area (TPSA) is 54.4 Å². The molecule has 0 bridgehead atoms. The van der Waals surface area contributed by atoms with Gasteiger partial charge in [0.15, 0.2) is 5.78 Å². The van der Waals surface area contributed by atoms with E-state index in [0.29, 0.717) is 30.5 Å². The first-order valence-electron chi connectivity index (χ1n) is 8.81. The first kappa shape index (κ1) is 14.6. The molecule has 3 saturated carbocycles. The first-order chi connectivity index (χ1) is 10.4. The van der Waals surface area contributed by atoms with Gasteiger partial charge < -0.3 is 5.11 Å². The molecule has 6 atom stereocenters. The molecule has 0 aromatic heterocycles. The molecule has 22 heavy (non-hydrogen) atoms. The second kappa shape index (κ2) is 4.53. The summed E-state index contributed by atoms with van der Waals surface area (Å²) in [6.07, 6.45) is 7.33. The highest BCUT2D eigenvalue weighted by molar-refractivity contribution is 5.93. The van der Waals surface area contributed by atoms with E-state index in [-0.39, 0.29) is 28.6 Å². The van der Waals surface area contributed by atoms with Gasteiger partial charge in [-0.3, -0.25) is 9.59 Å². The van der Waals surface area contributed by atoms with E-state index in [9.17, 15) is 14.7 Å². The van der Waals surface area contributed by atoms with Gasteiger partial charge in [0.1, 0.15) is 5.78 Å². The fraction of sp³-hybridized carbons (Fsp3) is 0.789. The van der Waals surface area contributed by atoms with E-state index in [1.54, 1.807) is 0 Å². The van der Waals surface area contributed by atoms with Crippen LogP contribution in [0.1, 0.15) is 58.8 Å². The normalized spacial score (nSPS) is 51.0. The Kier molecular flexibility index (Phi) is 3.01. The molecule has 0 amide bonds. The molecule has 3 fully saturated rings. The SMILES string of the molecule is C[C@]12CCC(=O)C=C1CC[C@@H]1[C@@H]2C(=O)C[C@]2(C)C(O)CC[C@@H]12. The molecule has 0 radical (unpaired) electrons. The lowest BCUT2D eigenvalue weighted by atomic mass is 9.47. The summed E-state index contributed by atoms with van der Waals surface area (Å²) in [6.45, 7) is 4.34. The van der Waals surface area contributed by atoms with Gasteiger partial charge >= 0.3 is 0 Å². The molecule has 120 valence electrons. The zero-order chi connectivity index (χ0) is 15.7. The minimum Gasteiger partial charge on any atom is -0.393 e. The zero-order valence-corrected chi connectivity index (χ0v) is 13.6. The van der Waals surface area contributed by atoms with Crippen LogP contribution in [-0.4, -0.2) is 22.8 Å². The third-order valence-electron chi connectivity index (χ3n) is 7.60. The maximum Gasteiger partial charge on any atom is 0.155 e. The Morgan fingerprint density at radius 1 is 1.14 bits per heavy atom. The van der Waals surface area contributed by atoms with Gasteiger partial charge in [-0.15, -0.1) is 0 Å². The number of aliphatic hydroxyl groups excluding tert-OH is 1. The molecule has 4 aliphatic rings. The molecular formula is C19H26O3. The van der Waals surface area contributed by atoms with Crippen molar-refractivity contribution in [1.29, 1.82) is 0 Å². The number of aliphatic hydroxyl groups is 1. The van der Waals surface area contributed by atoms with E-state index in [1.807, 2.05) is 6.08 Å². The molecule has 0 saturated heterocycles. The number of fused-ring (bicyclic) bond motifs is 5. The fourth-order valence-electron chi connectivity index (χ4n) is 6.36. The Morgan fingerprint density at radius 2 is 1.91 bits per heavy atom. The third kappa shape index (κ3) is 1.72. The quantitative estimate of drug-likeness (QED) is 0.748. The third-order valence-corrected chi connectivity index (χ3v) is 7.60. The number of hydrogen-bond donors (Lipinski definition) is 1. The summed E-state index contributed by atoms with van der Waals surface area (Å²) in [5.74, 6) is 1.52. The highest BCUT2D eigenvalue weighted by Crippen LogP contribution is 2.64. The molecule has 0 aliphatic heterocycles. The predicted octanol–water partition coefficient (Wildman–Crippen LogP) is 3.06. The van der Waals surface area contributed by atoms with Gasteiger partial charge in [-0.1, -0.05) is 19.4 Å². The van der Waals surface area contributed by atoms with Crippen molar-refractivity contribution in [2.24, 2.45) is 28.6 Å². The Bertz CT molecular complexity index is 577.